The number of rotatable bonds is 13. The van der Waals surface area contributed by atoms with Crippen LogP contribution in [0.2, 0.25) is 0 Å². The summed E-state index contributed by atoms with van der Waals surface area (Å²) in [6, 6.07) is 14.7. The molecule has 3 aliphatic rings. The molecule has 3 heterocycles. The average Bonchev–Trinajstić information content (AvgIpc) is 3.37. The molecule has 3 amide bonds. The number of amides is 3. The van der Waals surface area contributed by atoms with Crippen LogP contribution in [0.1, 0.15) is 74.3 Å². The number of carbonyl (C=O) groups excluding carboxylic acids is 4. The monoisotopic (exact) mass is 884 g/mol. The van der Waals surface area contributed by atoms with Crippen LogP contribution in [-0.2, 0) is 38.2 Å². The number of thiocarbonyl (C=S) groups is 1. The van der Waals surface area contributed by atoms with Gasteiger partial charge in [-0.3, -0.25) is 39.2 Å². The molecule has 6 rings (SSSR count). The lowest BCUT2D eigenvalue weighted by Gasteiger charge is -2.41. The zero-order valence-electron chi connectivity index (χ0n) is 34.5. The minimum atomic E-state index is -4.85. The summed E-state index contributed by atoms with van der Waals surface area (Å²) in [7, 11) is 0. The molecule has 3 aromatic rings. The van der Waals surface area contributed by atoms with Crippen molar-refractivity contribution >= 4 is 52.2 Å². The van der Waals surface area contributed by atoms with E-state index >= 15 is 0 Å². The van der Waals surface area contributed by atoms with Gasteiger partial charge in [0, 0.05) is 50.6 Å². The number of alkyl halides is 6. The Morgan fingerprint density at radius 2 is 1.69 bits per heavy atom. The van der Waals surface area contributed by atoms with Crippen molar-refractivity contribution in [2.45, 2.75) is 83.2 Å². The second-order valence-corrected chi connectivity index (χ2v) is 17.0. The minimum absolute atomic E-state index is 0.00133. The van der Waals surface area contributed by atoms with Crippen molar-refractivity contribution in [3.8, 4) is 11.8 Å². The maximum absolute atomic E-state index is 14.4. The summed E-state index contributed by atoms with van der Waals surface area (Å²) in [5.41, 5.74) is -0.674. The summed E-state index contributed by atoms with van der Waals surface area (Å²) in [5.74, 6) is -1.68. The van der Waals surface area contributed by atoms with Crippen LogP contribution in [0.5, 0.6) is 5.75 Å². The summed E-state index contributed by atoms with van der Waals surface area (Å²) >= 11 is 5.69. The summed E-state index contributed by atoms with van der Waals surface area (Å²) in [5, 5.41) is 11.5. The van der Waals surface area contributed by atoms with Gasteiger partial charge < -0.3 is 9.64 Å². The quantitative estimate of drug-likeness (QED) is 0.110. The molecular formula is C44H46F6N6O5S. The van der Waals surface area contributed by atoms with Crippen LogP contribution in [0, 0.1) is 17.2 Å². The van der Waals surface area contributed by atoms with Gasteiger partial charge in [-0.15, -0.1) is 0 Å². The molecule has 0 radical (unpaired) electrons. The van der Waals surface area contributed by atoms with Crippen LogP contribution < -0.4 is 19.9 Å². The zero-order valence-corrected chi connectivity index (χ0v) is 35.3. The zero-order chi connectivity index (χ0) is 45.3. The lowest BCUT2D eigenvalue weighted by molar-refractivity contribution is -0.197. The Morgan fingerprint density at radius 3 is 2.35 bits per heavy atom. The molecule has 18 heteroatoms. The number of anilines is 2. The largest absolute Gasteiger partial charge is 0.492 e. The number of piperidine rings is 1. The summed E-state index contributed by atoms with van der Waals surface area (Å²) < 4.78 is 90.9. The van der Waals surface area contributed by atoms with E-state index in [1.165, 1.54) is 17.0 Å². The first-order valence-corrected chi connectivity index (χ1v) is 20.5. The number of benzene rings is 3. The fourth-order valence-electron chi connectivity index (χ4n) is 8.18. The number of ether oxygens (including phenoxy) is 1. The molecule has 62 heavy (non-hydrogen) atoms. The highest BCUT2D eigenvalue weighted by molar-refractivity contribution is 7.81. The average molecular weight is 885 g/mol. The number of halogens is 6. The third kappa shape index (κ3) is 10.1. The van der Waals surface area contributed by atoms with E-state index in [0.717, 1.165) is 27.5 Å². The molecule has 0 spiro atoms. The molecule has 3 saturated heterocycles. The number of Topliss-reactive ketones (excluding diaryl/α,β-unsaturated/α-hetero) is 1. The molecule has 3 aliphatic heterocycles. The molecule has 2 atom stereocenters. The van der Waals surface area contributed by atoms with Crippen molar-refractivity contribution in [2.24, 2.45) is 5.92 Å². The predicted octanol–water partition coefficient (Wildman–Crippen LogP) is 6.95. The van der Waals surface area contributed by atoms with Gasteiger partial charge in [0.15, 0.2) is 10.9 Å². The third-order valence-electron chi connectivity index (χ3n) is 11.5. The number of piperazine rings is 1. The van der Waals surface area contributed by atoms with E-state index in [1.807, 2.05) is 19.9 Å². The van der Waals surface area contributed by atoms with Gasteiger partial charge in [-0.2, -0.15) is 31.6 Å². The smallest absolute Gasteiger partial charge is 0.417 e. The van der Waals surface area contributed by atoms with Gasteiger partial charge in [-0.05, 0) is 97.9 Å². The van der Waals surface area contributed by atoms with Crippen molar-refractivity contribution in [3.05, 3.63) is 88.5 Å². The summed E-state index contributed by atoms with van der Waals surface area (Å²) in [6.07, 6.45) is -8.49. The number of carbonyl (C=O) groups is 4. The number of ketones is 1. The van der Waals surface area contributed by atoms with Crippen molar-refractivity contribution in [2.75, 3.05) is 49.1 Å². The van der Waals surface area contributed by atoms with E-state index in [-0.39, 0.29) is 85.9 Å². The number of nitriles is 1. The van der Waals surface area contributed by atoms with E-state index in [0.29, 0.717) is 35.4 Å². The number of hydrogen-bond acceptors (Lipinski definition) is 9. The molecule has 0 aliphatic carbocycles. The van der Waals surface area contributed by atoms with Crippen molar-refractivity contribution < 1.29 is 50.3 Å². The minimum Gasteiger partial charge on any atom is -0.492 e. The lowest BCUT2D eigenvalue weighted by Crippen LogP contribution is -2.60. The SMILES string of the molecule is CC(C)c1cc(N2C(=S)N(c3ccc(C#N)c(C(F)(F)F)c3)C(=O)C2(C)C)ccc1OCCN1CCN(CC(=O)Cc2cccc(CC3CCC(=O)NC3=O)c2)[C@H](C(F)(F)F)C1. The molecule has 0 bridgehead atoms. The molecular weight excluding hydrogens is 839 g/mol. The Bertz CT molecular complexity index is 2290. The normalized spacial score (nSPS) is 20.2. The van der Waals surface area contributed by atoms with Crippen LogP contribution in [0.4, 0.5) is 37.7 Å². The number of hydrogen-bond donors (Lipinski definition) is 1. The van der Waals surface area contributed by atoms with Crippen molar-refractivity contribution in [1.82, 2.24) is 15.1 Å². The fourth-order valence-corrected chi connectivity index (χ4v) is 8.70. The maximum atomic E-state index is 14.4. The van der Waals surface area contributed by atoms with E-state index in [9.17, 15) is 50.8 Å². The predicted molar refractivity (Wildman–Crippen MR) is 221 cm³/mol. The van der Waals surface area contributed by atoms with Gasteiger partial charge in [-0.1, -0.05) is 38.1 Å². The lowest BCUT2D eigenvalue weighted by atomic mass is 9.90. The molecule has 0 saturated carbocycles. The van der Waals surface area contributed by atoms with E-state index < -0.39 is 47.5 Å². The topological polar surface area (TPSA) is 126 Å². The Kier molecular flexibility index (Phi) is 13.5. The summed E-state index contributed by atoms with van der Waals surface area (Å²) in [4.78, 5) is 56.0. The van der Waals surface area contributed by atoms with Gasteiger partial charge in [0.2, 0.25) is 11.8 Å². The van der Waals surface area contributed by atoms with Gasteiger partial charge >= 0.3 is 12.4 Å². The number of nitrogens with one attached hydrogen (secondary N) is 1. The van der Waals surface area contributed by atoms with Crippen LogP contribution in [-0.4, -0.2) is 95.5 Å². The number of imide groups is 1. The summed E-state index contributed by atoms with van der Waals surface area (Å²) in [6.45, 7) is 6.68. The molecule has 0 aromatic heterocycles. The molecule has 1 N–H and O–H groups in total. The maximum Gasteiger partial charge on any atom is 0.417 e. The first-order valence-electron chi connectivity index (χ1n) is 20.1. The molecule has 3 aromatic carbocycles. The highest BCUT2D eigenvalue weighted by Crippen LogP contribution is 2.41. The van der Waals surface area contributed by atoms with Gasteiger partial charge in [-0.25, -0.2) is 0 Å². The van der Waals surface area contributed by atoms with E-state index in [1.54, 1.807) is 55.1 Å². The Labute approximate surface area is 360 Å². The van der Waals surface area contributed by atoms with E-state index in [2.05, 4.69) is 5.32 Å². The Morgan fingerprint density at radius 1 is 0.984 bits per heavy atom. The molecule has 1 unspecified atom stereocenters. The molecule has 11 nitrogen and oxygen atoms in total. The fraction of sp³-hybridized carbons (Fsp3) is 0.455. The van der Waals surface area contributed by atoms with Crippen LogP contribution in [0.25, 0.3) is 0 Å². The van der Waals surface area contributed by atoms with Crippen molar-refractivity contribution in [3.63, 3.8) is 0 Å². The highest BCUT2D eigenvalue weighted by Gasteiger charge is 2.51. The van der Waals surface area contributed by atoms with Crippen LogP contribution >= 0.6 is 12.2 Å². The van der Waals surface area contributed by atoms with Gasteiger partial charge in [0.05, 0.1) is 29.4 Å². The third-order valence-corrected chi connectivity index (χ3v) is 11.8. The van der Waals surface area contributed by atoms with Gasteiger partial charge in [0.1, 0.15) is 23.9 Å². The highest BCUT2D eigenvalue weighted by atomic mass is 32.1. The van der Waals surface area contributed by atoms with Crippen LogP contribution in [0.3, 0.4) is 0 Å². The first kappa shape index (κ1) is 46.1. The van der Waals surface area contributed by atoms with Gasteiger partial charge in [0.25, 0.3) is 5.91 Å². The second kappa shape index (κ2) is 18.1. The second-order valence-electron chi connectivity index (χ2n) is 16.6. The van der Waals surface area contributed by atoms with Crippen molar-refractivity contribution in [1.29, 1.82) is 5.26 Å². The standard InChI is InChI=1S/C44H46F6N6O5S/c1-26(2)34-21-32(56-41(62)55(40(60)42(56,3)4)31-10-8-30(23-51)35(22-31)43(45,46)47)11-12-36(34)61-17-16-53-14-15-54(37(25-53)44(48,49)50)24-33(57)20-28-7-5-6-27(18-28)19-29-9-13-38(58)52-39(29)59/h5-8,10-12,18,21-22,26,29,37H,9,13-17,19-20,24-25H2,1-4H3,(H,52,58,59)/t29?,37-/m0/s1. The Hall–Kier alpha value is -5.38. The molecule has 3 fully saturated rings. The number of nitrogens with zero attached hydrogens (tertiary/aromatic N) is 5. The van der Waals surface area contributed by atoms with Crippen LogP contribution in [0.15, 0.2) is 60.7 Å². The first-order chi connectivity index (χ1) is 29.1. The molecule has 330 valence electrons. The van der Waals surface area contributed by atoms with E-state index in [4.69, 9.17) is 17.0 Å². The Balaban J connectivity index is 1.08.